The van der Waals surface area contributed by atoms with Gasteiger partial charge in [0, 0.05) is 23.2 Å². The molecular weight excluding hydrogens is 658 g/mol. The smallest absolute Gasteiger partial charge is 0.397 e. The van der Waals surface area contributed by atoms with Gasteiger partial charge in [0.25, 0.3) is 5.56 Å². The van der Waals surface area contributed by atoms with Gasteiger partial charge in [-0.05, 0) is 6.07 Å². The Balaban J connectivity index is 1.24. The molecular formula is C22H29N10O12P2+. The van der Waals surface area contributed by atoms with E-state index in [1.807, 2.05) is 0 Å². The maximum atomic E-state index is 13.3. The summed E-state index contributed by atoms with van der Waals surface area (Å²) < 4.78 is 54.9. The summed E-state index contributed by atoms with van der Waals surface area (Å²) in [5, 5.41) is 20.9. The third-order valence-corrected chi connectivity index (χ3v) is 9.02. The lowest BCUT2D eigenvalue weighted by molar-refractivity contribution is -0.0608. The fraction of sp³-hybridized carbons (Fsp3) is 0.500. The zero-order chi connectivity index (χ0) is 32.9. The zero-order valence-electron chi connectivity index (χ0n) is 23.4. The van der Waals surface area contributed by atoms with Crippen molar-refractivity contribution in [2.45, 2.75) is 43.0 Å². The maximum absolute atomic E-state index is 13.3. The number of H-pyrrole nitrogens is 1. The third kappa shape index (κ3) is 5.90. The number of nitrogens with two attached hydrogens (primary N) is 3. The Morgan fingerprint density at radius 3 is 2.46 bits per heavy atom. The minimum atomic E-state index is -5.07. The molecule has 24 heteroatoms. The first-order valence-corrected chi connectivity index (χ1v) is 16.1. The normalized spacial score (nSPS) is 29.9. The predicted octanol–water partition coefficient (Wildman–Crippen LogP) is -2.01. The predicted molar refractivity (Wildman–Crippen MR) is 153 cm³/mol. The topological polar surface area (TPSA) is 334 Å². The van der Waals surface area contributed by atoms with Crippen molar-refractivity contribution < 1.29 is 52.2 Å². The zero-order valence-corrected chi connectivity index (χ0v) is 25.2. The van der Waals surface area contributed by atoms with Gasteiger partial charge in [-0.3, -0.25) is 28.0 Å². The molecule has 6 heterocycles. The number of phosphoric acid groups is 1. The number of aromatic nitrogens is 7. The quantitative estimate of drug-likeness (QED) is 0.0789. The van der Waals surface area contributed by atoms with Gasteiger partial charge >= 0.3 is 16.1 Å². The minimum Gasteiger partial charge on any atom is -0.397 e. The van der Waals surface area contributed by atoms with E-state index in [1.165, 1.54) is 34.1 Å². The average molecular weight is 687 g/mol. The van der Waals surface area contributed by atoms with Gasteiger partial charge in [0.05, 0.1) is 37.7 Å². The highest BCUT2D eigenvalue weighted by Crippen LogP contribution is 2.51. The molecule has 2 aliphatic heterocycles. The lowest BCUT2D eigenvalue weighted by Crippen LogP contribution is -2.36. The number of nitrogens with zero attached hydrogens (tertiary/aromatic N) is 6. The molecule has 0 spiro atoms. The number of hydrogen-bond acceptors (Lipinski definition) is 17. The van der Waals surface area contributed by atoms with E-state index in [1.54, 1.807) is 0 Å². The standard InChI is InChI=1S/C22H28N10O12P2/c23-3-8-10(4-33)41-21(32-7-28-13-18(32)29-22(25)30-19(13)35)15(8)44-46(38,39)40-5-11-16(43-45(36)37)14(34)20(42-11)31-6-27-12-9(24)1-2-26-17(12)31/h1-2,6-8,10-11,14-16,20-21,33-34H,3-5,23H2,(H6-,24,25,26,29,30,35,36,37,38,39)/p+1/t8-,10-,11-,14-,15-,16-,20-,21-/m1/s1. The molecule has 2 aliphatic rings. The Kier molecular flexibility index (Phi) is 8.89. The van der Waals surface area contributed by atoms with Gasteiger partial charge in [0.1, 0.15) is 23.8 Å². The maximum Gasteiger partial charge on any atom is 0.695 e. The van der Waals surface area contributed by atoms with Crippen molar-refractivity contribution in [1.29, 1.82) is 0 Å². The highest BCUT2D eigenvalue weighted by molar-refractivity contribution is 7.47. The fourth-order valence-corrected chi connectivity index (χ4v) is 6.97. The number of hydrogen-bond donors (Lipinski definition) is 8. The summed E-state index contributed by atoms with van der Waals surface area (Å²) in [6, 6.07) is 1.52. The molecule has 2 fully saturated rings. The van der Waals surface area contributed by atoms with Crippen molar-refractivity contribution in [1.82, 2.24) is 34.1 Å². The van der Waals surface area contributed by atoms with Gasteiger partial charge in [0.2, 0.25) is 5.95 Å². The molecule has 0 aliphatic carbocycles. The Morgan fingerprint density at radius 1 is 1.07 bits per heavy atom. The SMILES string of the molecule is NC[C@H]1[C@@H](OP(=O)(O)OC[C@H]2O[C@@H](n3cnc4c(N)ccnc43)[C@H](O)[C@@H]2O[P+](=O)O)[C@H](n2cnc3c(=O)[nH]c(N)nc32)O[C@@H]1CO. The van der Waals surface area contributed by atoms with Crippen LogP contribution in [0.15, 0.2) is 29.7 Å². The van der Waals surface area contributed by atoms with Gasteiger partial charge in [-0.1, -0.05) is 0 Å². The number of nitrogens with one attached hydrogen (secondary N) is 1. The molecule has 2 saturated heterocycles. The number of rotatable bonds is 11. The Labute approximate surface area is 257 Å². The molecule has 22 nitrogen and oxygen atoms in total. The van der Waals surface area contributed by atoms with Crippen molar-refractivity contribution in [2.24, 2.45) is 11.7 Å². The Bertz CT molecular complexity index is 1870. The Hall–Kier alpha value is -3.50. The Morgan fingerprint density at radius 2 is 1.76 bits per heavy atom. The lowest BCUT2D eigenvalue weighted by atomic mass is 9.99. The van der Waals surface area contributed by atoms with E-state index in [0.29, 0.717) is 11.2 Å². The highest BCUT2D eigenvalue weighted by Gasteiger charge is 2.53. The lowest BCUT2D eigenvalue weighted by Gasteiger charge is -2.26. The molecule has 248 valence electrons. The minimum absolute atomic E-state index is 0.0383. The summed E-state index contributed by atoms with van der Waals surface area (Å²) in [4.78, 5) is 51.3. The van der Waals surface area contributed by atoms with Crippen LogP contribution in [0.2, 0.25) is 0 Å². The monoisotopic (exact) mass is 687 g/mol. The second-order valence-corrected chi connectivity index (χ2v) is 12.4. The van der Waals surface area contributed by atoms with Gasteiger partial charge in [-0.25, -0.2) is 19.5 Å². The van der Waals surface area contributed by atoms with Crippen LogP contribution in [0.3, 0.4) is 0 Å². The number of aliphatic hydroxyl groups is 2. The number of aliphatic hydroxyl groups excluding tert-OH is 2. The van der Waals surface area contributed by atoms with Crippen LogP contribution in [0.5, 0.6) is 0 Å². The number of aromatic amines is 1. The van der Waals surface area contributed by atoms with Crippen LogP contribution >= 0.6 is 16.1 Å². The van der Waals surface area contributed by atoms with E-state index in [4.69, 9.17) is 40.2 Å². The van der Waals surface area contributed by atoms with Crippen molar-refractivity contribution >= 4 is 50.0 Å². The van der Waals surface area contributed by atoms with Gasteiger partial charge in [0.15, 0.2) is 35.4 Å². The van der Waals surface area contributed by atoms with Gasteiger partial charge < -0.3 is 41.8 Å². The highest BCUT2D eigenvalue weighted by atomic mass is 31.2. The average Bonchev–Trinajstić information content (AvgIpc) is 3.76. The first-order chi connectivity index (χ1) is 21.9. The van der Waals surface area contributed by atoms with E-state index < -0.39 is 83.7 Å². The fourth-order valence-electron chi connectivity index (χ4n) is 5.54. The van der Waals surface area contributed by atoms with Gasteiger partial charge in [-0.2, -0.15) is 4.98 Å². The first kappa shape index (κ1) is 32.4. The molecule has 0 radical (unpaired) electrons. The number of pyridine rings is 1. The number of imidazole rings is 2. The molecule has 6 rings (SSSR count). The molecule has 4 aromatic rings. The molecule has 10 atom stereocenters. The van der Waals surface area contributed by atoms with E-state index in [9.17, 15) is 33.9 Å². The van der Waals surface area contributed by atoms with E-state index >= 15 is 0 Å². The largest absolute Gasteiger partial charge is 0.695 e. The second-order valence-electron chi connectivity index (χ2n) is 10.3. The number of phosphoric ester groups is 1. The van der Waals surface area contributed by atoms with Crippen LogP contribution < -0.4 is 22.8 Å². The van der Waals surface area contributed by atoms with Crippen LogP contribution in [0, 0.1) is 5.92 Å². The van der Waals surface area contributed by atoms with E-state index in [2.05, 4.69) is 24.9 Å². The summed E-state index contributed by atoms with van der Waals surface area (Å²) in [6.07, 6.45) is -5.57. The molecule has 0 bridgehead atoms. The van der Waals surface area contributed by atoms with Crippen LogP contribution in [-0.4, -0.2) is 104 Å². The van der Waals surface area contributed by atoms with Crippen molar-refractivity contribution in [3.05, 3.63) is 35.3 Å². The van der Waals surface area contributed by atoms with Crippen LogP contribution in [-0.2, 0) is 32.2 Å². The molecule has 46 heavy (non-hydrogen) atoms. The molecule has 2 unspecified atom stereocenters. The number of nitrogen functional groups attached to an aromatic ring is 2. The second kappa shape index (κ2) is 12.6. The molecule has 0 aromatic carbocycles. The molecule has 0 amide bonds. The number of anilines is 2. The first-order valence-electron chi connectivity index (χ1n) is 13.5. The summed E-state index contributed by atoms with van der Waals surface area (Å²) in [6.45, 7) is -1.51. The third-order valence-electron chi connectivity index (χ3n) is 7.62. The van der Waals surface area contributed by atoms with Crippen LogP contribution in [0.4, 0.5) is 11.6 Å². The summed E-state index contributed by atoms with van der Waals surface area (Å²) in [5.41, 5.74) is 17.6. The van der Waals surface area contributed by atoms with Crippen LogP contribution in [0.1, 0.15) is 12.5 Å². The van der Waals surface area contributed by atoms with E-state index in [0.717, 1.165) is 0 Å². The number of ether oxygens (including phenoxy) is 2. The van der Waals surface area contributed by atoms with E-state index in [-0.39, 0.29) is 29.3 Å². The van der Waals surface area contributed by atoms with Crippen molar-refractivity contribution in [2.75, 3.05) is 31.2 Å². The molecule has 0 saturated carbocycles. The summed E-state index contributed by atoms with van der Waals surface area (Å²) in [5.74, 6) is -1.10. The molecule has 4 aromatic heterocycles. The van der Waals surface area contributed by atoms with Crippen molar-refractivity contribution in [3.63, 3.8) is 0 Å². The summed E-state index contributed by atoms with van der Waals surface area (Å²) >= 11 is 0. The summed E-state index contributed by atoms with van der Waals surface area (Å²) in [7, 11) is -8.33. The molecule has 11 N–H and O–H groups in total. The van der Waals surface area contributed by atoms with Crippen molar-refractivity contribution in [3.8, 4) is 0 Å². The number of fused-ring (bicyclic) bond motifs is 2. The van der Waals surface area contributed by atoms with Crippen LogP contribution in [0.25, 0.3) is 22.3 Å². The van der Waals surface area contributed by atoms with Gasteiger partial charge in [-0.15, -0.1) is 9.42 Å².